The van der Waals surface area contributed by atoms with Crippen LogP contribution in [0.3, 0.4) is 0 Å². The number of ether oxygens (including phenoxy) is 2. The highest BCUT2D eigenvalue weighted by atomic mass is 16.5. The van der Waals surface area contributed by atoms with Crippen molar-refractivity contribution >= 4 is 0 Å². The van der Waals surface area contributed by atoms with E-state index in [1.165, 1.54) is 11.1 Å². The maximum atomic E-state index is 5.89. The molecule has 0 fully saturated rings. The summed E-state index contributed by atoms with van der Waals surface area (Å²) in [7, 11) is 1.70. The molecule has 2 rings (SSSR count). The van der Waals surface area contributed by atoms with Gasteiger partial charge in [0.1, 0.15) is 18.1 Å². The topological polar surface area (TPSA) is 21.7 Å². The highest BCUT2D eigenvalue weighted by molar-refractivity contribution is 5.34. The number of hydrogen-bond donors (Lipinski definition) is 0. The Morgan fingerprint density at radius 3 is 1.65 bits per heavy atom. The van der Waals surface area contributed by atoms with Crippen LogP contribution in [0.4, 0.5) is 0 Å². The van der Waals surface area contributed by atoms with Crippen LogP contribution in [0.1, 0.15) is 50.7 Å². The first-order valence-electron chi connectivity index (χ1n) is 9.68. The molecule has 2 atom stereocenters. The van der Waals surface area contributed by atoms with E-state index in [9.17, 15) is 0 Å². The largest absolute Gasteiger partial charge is 0.497 e. The molecular weight excluding hydrogens is 322 g/mol. The van der Waals surface area contributed by atoms with E-state index in [1.807, 2.05) is 12.1 Å². The first-order chi connectivity index (χ1) is 12.6. The van der Waals surface area contributed by atoms with Crippen LogP contribution in [0.15, 0.2) is 48.5 Å². The molecule has 0 saturated heterocycles. The molecular formula is C23H33NO2. The molecule has 0 bridgehead atoms. The van der Waals surface area contributed by atoms with E-state index >= 15 is 0 Å². The Bertz CT molecular complexity index is 632. The van der Waals surface area contributed by atoms with Crippen LogP contribution in [0.25, 0.3) is 0 Å². The summed E-state index contributed by atoms with van der Waals surface area (Å²) in [5.41, 5.74) is 2.67. The van der Waals surface area contributed by atoms with E-state index in [1.54, 1.807) is 7.11 Å². The van der Waals surface area contributed by atoms with Crippen molar-refractivity contribution in [2.24, 2.45) is 0 Å². The van der Waals surface area contributed by atoms with E-state index in [-0.39, 0.29) is 0 Å². The van der Waals surface area contributed by atoms with Gasteiger partial charge in [0, 0.05) is 6.54 Å². The van der Waals surface area contributed by atoms with E-state index in [4.69, 9.17) is 9.47 Å². The minimum Gasteiger partial charge on any atom is -0.497 e. The van der Waals surface area contributed by atoms with Gasteiger partial charge >= 0.3 is 0 Å². The van der Waals surface area contributed by atoms with E-state index < -0.39 is 0 Å². The van der Waals surface area contributed by atoms with Crippen LogP contribution >= 0.6 is 0 Å². The summed E-state index contributed by atoms with van der Waals surface area (Å²) < 4.78 is 11.1. The predicted molar refractivity (Wildman–Crippen MR) is 110 cm³/mol. The molecule has 0 aliphatic carbocycles. The fourth-order valence-corrected chi connectivity index (χ4v) is 3.18. The van der Waals surface area contributed by atoms with Crippen molar-refractivity contribution in [1.82, 2.24) is 4.90 Å². The molecule has 0 radical (unpaired) electrons. The lowest BCUT2D eigenvalue weighted by Gasteiger charge is -2.22. The Balaban J connectivity index is 1.93. The third-order valence-electron chi connectivity index (χ3n) is 5.37. The average molecular weight is 356 g/mol. The SMILES string of the molecule is CCN(CC)CCOc1ccc(C(C)C(C)c2ccc(OC)cc2)cc1. The van der Waals surface area contributed by atoms with Crippen molar-refractivity contribution in [2.75, 3.05) is 33.4 Å². The Morgan fingerprint density at radius 2 is 1.23 bits per heavy atom. The van der Waals surface area contributed by atoms with Crippen molar-refractivity contribution in [3.05, 3.63) is 59.7 Å². The highest BCUT2D eigenvalue weighted by Crippen LogP contribution is 2.33. The lowest BCUT2D eigenvalue weighted by molar-refractivity contribution is 0.223. The summed E-state index contributed by atoms with van der Waals surface area (Å²) >= 11 is 0. The zero-order valence-electron chi connectivity index (χ0n) is 16.9. The average Bonchev–Trinajstić information content (AvgIpc) is 2.70. The number of benzene rings is 2. The van der Waals surface area contributed by atoms with Crippen LogP contribution in [0.5, 0.6) is 11.5 Å². The van der Waals surface area contributed by atoms with E-state index in [0.29, 0.717) is 11.8 Å². The number of likely N-dealkylation sites (N-methyl/N-ethyl adjacent to an activating group) is 1. The van der Waals surface area contributed by atoms with Crippen LogP contribution in [-0.2, 0) is 0 Å². The maximum Gasteiger partial charge on any atom is 0.119 e. The summed E-state index contributed by atoms with van der Waals surface area (Å²) in [4.78, 5) is 2.37. The predicted octanol–water partition coefficient (Wildman–Crippen LogP) is 5.32. The van der Waals surface area contributed by atoms with Crippen molar-refractivity contribution in [1.29, 1.82) is 0 Å². The molecule has 3 nitrogen and oxygen atoms in total. The van der Waals surface area contributed by atoms with E-state index in [0.717, 1.165) is 37.7 Å². The Labute approximate surface area is 158 Å². The second-order valence-electron chi connectivity index (χ2n) is 6.79. The first-order valence-corrected chi connectivity index (χ1v) is 9.68. The van der Waals surface area contributed by atoms with Gasteiger partial charge in [-0.05, 0) is 60.3 Å². The van der Waals surface area contributed by atoms with Gasteiger partial charge in [-0.1, -0.05) is 52.0 Å². The fraction of sp³-hybridized carbons (Fsp3) is 0.478. The zero-order valence-corrected chi connectivity index (χ0v) is 16.9. The Kier molecular flexibility index (Phi) is 7.99. The summed E-state index contributed by atoms with van der Waals surface area (Å²) in [5.74, 6) is 2.73. The lowest BCUT2D eigenvalue weighted by atomic mass is 9.84. The normalized spacial score (nSPS) is 13.5. The third kappa shape index (κ3) is 5.50. The smallest absolute Gasteiger partial charge is 0.119 e. The summed E-state index contributed by atoms with van der Waals surface area (Å²) in [5, 5.41) is 0. The van der Waals surface area contributed by atoms with Crippen molar-refractivity contribution in [2.45, 2.75) is 39.5 Å². The number of nitrogens with zero attached hydrogens (tertiary/aromatic N) is 1. The van der Waals surface area contributed by atoms with Crippen molar-refractivity contribution in [3.63, 3.8) is 0 Å². The third-order valence-corrected chi connectivity index (χ3v) is 5.37. The van der Waals surface area contributed by atoms with Gasteiger partial charge in [-0.15, -0.1) is 0 Å². The molecule has 0 spiro atoms. The molecule has 142 valence electrons. The highest BCUT2D eigenvalue weighted by Gasteiger charge is 2.16. The van der Waals surface area contributed by atoms with Crippen LogP contribution in [-0.4, -0.2) is 38.3 Å². The number of methoxy groups -OCH3 is 1. The van der Waals surface area contributed by atoms with Crippen LogP contribution < -0.4 is 9.47 Å². The fourth-order valence-electron chi connectivity index (χ4n) is 3.18. The monoisotopic (exact) mass is 355 g/mol. The Morgan fingerprint density at radius 1 is 0.769 bits per heavy atom. The number of hydrogen-bond acceptors (Lipinski definition) is 3. The number of rotatable bonds is 10. The first kappa shape index (κ1) is 20.3. The molecule has 0 heterocycles. The van der Waals surface area contributed by atoms with Crippen molar-refractivity contribution < 1.29 is 9.47 Å². The quantitative estimate of drug-likeness (QED) is 0.575. The van der Waals surface area contributed by atoms with Gasteiger partial charge in [-0.2, -0.15) is 0 Å². The molecule has 0 aliphatic heterocycles. The molecule has 0 N–H and O–H groups in total. The molecule has 0 saturated carbocycles. The molecule has 0 amide bonds. The summed E-state index contributed by atoms with van der Waals surface area (Å²) in [6, 6.07) is 16.9. The summed E-state index contributed by atoms with van der Waals surface area (Å²) in [6.45, 7) is 12.8. The minimum atomic E-state index is 0.438. The molecule has 0 aliphatic rings. The molecule has 0 aromatic heterocycles. The van der Waals surface area contributed by atoms with Gasteiger partial charge in [0.15, 0.2) is 0 Å². The van der Waals surface area contributed by atoms with Gasteiger partial charge in [-0.25, -0.2) is 0 Å². The zero-order chi connectivity index (χ0) is 18.9. The molecule has 26 heavy (non-hydrogen) atoms. The van der Waals surface area contributed by atoms with Gasteiger partial charge in [-0.3, -0.25) is 0 Å². The minimum absolute atomic E-state index is 0.438. The molecule has 3 heteroatoms. The van der Waals surface area contributed by atoms with Gasteiger partial charge in [0.05, 0.1) is 7.11 Å². The van der Waals surface area contributed by atoms with Gasteiger partial charge in [0.2, 0.25) is 0 Å². The van der Waals surface area contributed by atoms with Crippen LogP contribution in [0.2, 0.25) is 0 Å². The maximum absolute atomic E-state index is 5.89. The van der Waals surface area contributed by atoms with E-state index in [2.05, 4.69) is 69.0 Å². The molecule has 2 aromatic carbocycles. The summed E-state index contributed by atoms with van der Waals surface area (Å²) in [6.07, 6.45) is 0. The second-order valence-corrected chi connectivity index (χ2v) is 6.79. The molecule has 2 aromatic rings. The van der Waals surface area contributed by atoms with Gasteiger partial charge < -0.3 is 14.4 Å². The van der Waals surface area contributed by atoms with Crippen molar-refractivity contribution in [3.8, 4) is 11.5 Å². The second kappa shape index (κ2) is 10.2. The van der Waals surface area contributed by atoms with Gasteiger partial charge in [0.25, 0.3) is 0 Å². The molecule has 2 unspecified atom stereocenters. The standard InChI is InChI=1S/C23H33NO2/c1-6-24(7-2)16-17-26-23-14-10-21(11-15-23)19(4)18(3)20-8-12-22(25-5)13-9-20/h8-15,18-19H,6-7,16-17H2,1-5H3. The lowest BCUT2D eigenvalue weighted by Crippen LogP contribution is -2.27. The van der Waals surface area contributed by atoms with Crippen LogP contribution in [0, 0.1) is 0 Å². The Hall–Kier alpha value is -2.00.